The van der Waals surface area contributed by atoms with Crippen molar-refractivity contribution in [3.63, 3.8) is 0 Å². The second kappa shape index (κ2) is 5.48. The number of hydrogen-bond acceptors (Lipinski definition) is 2. The fourth-order valence-electron chi connectivity index (χ4n) is 2.39. The Morgan fingerprint density at radius 2 is 2.00 bits per heavy atom. The van der Waals surface area contributed by atoms with Crippen molar-refractivity contribution in [2.45, 2.75) is 20.4 Å². The van der Waals surface area contributed by atoms with Gasteiger partial charge in [0.2, 0.25) is 0 Å². The first-order valence-corrected chi connectivity index (χ1v) is 6.83. The zero-order chi connectivity index (χ0) is 14.8. The summed E-state index contributed by atoms with van der Waals surface area (Å²) in [5.74, 6) is -0.188. The van der Waals surface area contributed by atoms with Crippen molar-refractivity contribution in [3.05, 3.63) is 71.4 Å². The lowest BCUT2D eigenvalue weighted by Gasteiger charge is -2.09. The Hall–Kier alpha value is -2.49. The molecule has 4 heteroatoms. The number of aromatic nitrogens is 3. The molecular formula is C17H16FN3. The first kappa shape index (κ1) is 13.5. The molecule has 0 aliphatic carbocycles. The SMILES string of the molecule is Cc1cc(-c2ncc(Cn3cccn3)cc2C)ccc1F. The van der Waals surface area contributed by atoms with Gasteiger partial charge >= 0.3 is 0 Å². The number of hydrogen-bond donors (Lipinski definition) is 0. The van der Waals surface area contributed by atoms with Crippen LogP contribution in [0.4, 0.5) is 4.39 Å². The lowest BCUT2D eigenvalue weighted by molar-refractivity contribution is 0.618. The number of halogens is 1. The molecule has 2 aromatic heterocycles. The van der Waals surface area contributed by atoms with Crippen LogP contribution in [0.5, 0.6) is 0 Å². The first-order chi connectivity index (χ1) is 10.1. The molecular weight excluding hydrogens is 265 g/mol. The Labute approximate surface area is 123 Å². The Bertz CT molecular complexity index is 764. The van der Waals surface area contributed by atoms with E-state index in [2.05, 4.69) is 16.1 Å². The Balaban J connectivity index is 1.92. The van der Waals surface area contributed by atoms with E-state index >= 15 is 0 Å². The Morgan fingerprint density at radius 3 is 2.67 bits per heavy atom. The lowest BCUT2D eigenvalue weighted by atomic mass is 10.0. The van der Waals surface area contributed by atoms with Crippen molar-refractivity contribution in [2.24, 2.45) is 0 Å². The van der Waals surface area contributed by atoms with Crippen LogP contribution in [-0.4, -0.2) is 14.8 Å². The highest BCUT2D eigenvalue weighted by atomic mass is 19.1. The number of benzene rings is 1. The van der Waals surface area contributed by atoms with Crippen LogP contribution in [0, 0.1) is 19.7 Å². The molecule has 2 heterocycles. The van der Waals surface area contributed by atoms with E-state index in [-0.39, 0.29) is 5.82 Å². The molecule has 0 radical (unpaired) electrons. The summed E-state index contributed by atoms with van der Waals surface area (Å²) in [4.78, 5) is 4.54. The molecule has 3 nitrogen and oxygen atoms in total. The summed E-state index contributed by atoms with van der Waals surface area (Å²) in [6.07, 6.45) is 5.53. The van der Waals surface area contributed by atoms with Crippen molar-refractivity contribution in [3.8, 4) is 11.3 Å². The quantitative estimate of drug-likeness (QED) is 0.732. The van der Waals surface area contributed by atoms with Crippen LogP contribution >= 0.6 is 0 Å². The summed E-state index contributed by atoms with van der Waals surface area (Å²) in [6.45, 7) is 4.48. The van der Waals surface area contributed by atoms with E-state index in [1.165, 1.54) is 6.07 Å². The van der Waals surface area contributed by atoms with Gasteiger partial charge in [0.25, 0.3) is 0 Å². The van der Waals surface area contributed by atoms with Crippen LogP contribution in [0.2, 0.25) is 0 Å². The Kier molecular flexibility index (Phi) is 3.52. The van der Waals surface area contributed by atoms with Gasteiger partial charge in [-0.15, -0.1) is 0 Å². The third kappa shape index (κ3) is 2.84. The van der Waals surface area contributed by atoms with Gasteiger partial charge in [0, 0.05) is 24.2 Å². The maximum Gasteiger partial charge on any atom is 0.126 e. The molecule has 3 rings (SSSR count). The highest BCUT2D eigenvalue weighted by Crippen LogP contribution is 2.23. The van der Waals surface area contributed by atoms with Crippen molar-refractivity contribution in [1.29, 1.82) is 0 Å². The van der Waals surface area contributed by atoms with Gasteiger partial charge in [0.1, 0.15) is 5.82 Å². The molecule has 0 bridgehead atoms. The zero-order valence-corrected chi connectivity index (χ0v) is 12.0. The van der Waals surface area contributed by atoms with Crippen LogP contribution in [0.3, 0.4) is 0 Å². The molecule has 0 fully saturated rings. The van der Waals surface area contributed by atoms with Gasteiger partial charge in [-0.3, -0.25) is 9.67 Å². The van der Waals surface area contributed by atoms with Gasteiger partial charge in [-0.1, -0.05) is 6.07 Å². The summed E-state index contributed by atoms with van der Waals surface area (Å²) in [6, 6.07) is 9.09. The minimum absolute atomic E-state index is 0.188. The largest absolute Gasteiger partial charge is 0.268 e. The van der Waals surface area contributed by atoms with E-state index in [1.54, 1.807) is 19.2 Å². The predicted molar refractivity (Wildman–Crippen MR) is 80.4 cm³/mol. The van der Waals surface area contributed by atoms with Crippen LogP contribution in [-0.2, 0) is 6.54 Å². The predicted octanol–water partition coefficient (Wildman–Crippen LogP) is 3.75. The fraction of sp³-hybridized carbons (Fsp3) is 0.176. The van der Waals surface area contributed by atoms with Crippen molar-refractivity contribution in [1.82, 2.24) is 14.8 Å². The van der Waals surface area contributed by atoms with Gasteiger partial charge in [-0.05, 0) is 54.8 Å². The van der Waals surface area contributed by atoms with Crippen LogP contribution in [0.1, 0.15) is 16.7 Å². The first-order valence-electron chi connectivity index (χ1n) is 6.83. The minimum Gasteiger partial charge on any atom is -0.268 e. The summed E-state index contributed by atoms with van der Waals surface area (Å²) < 4.78 is 15.2. The van der Waals surface area contributed by atoms with Crippen molar-refractivity contribution < 1.29 is 4.39 Å². The third-order valence-corrected chi connectivity index (χ3v) is 3.47. The molecule has 0 saturated carbocycles. The molecule has 0 amide bonds. The smallest absolute Gasteiger partial charge is 0.126 e. The second-order valence-electron chi connectivity index (χ2n) is 5.18. The fourth-order valence-corrected chi connectivity index (χ4v) is 2.39. The van der Waals surface area contributed by atoms with Crippen LogP contribution in [0.15, 0.2) is 48.9 Å². The average molecular weight is 281 g/mol. The molecule has 21 heavy (non-hydrogen) atoms. The molecule has 1 aromatic carbocycles. The molecule has 0 spiro atoms. The monoisotopic (exact) mass is 281 g/mol. The van der Waals surface area contributed by atoms with E-state index in [1.807, 2.05) is 36.1 Å². The lowest BCUT2D eigenvalue weighted by Crippen LogP contribution is -2.01. The summed E-state index contributed by atoms with van der Waals surface area (Å²) in [7, 11) is 0. The number of aryl methyl sites for hydroxylation is 2. The highest BCUT2D eigenvalue weighted by Gasteiger charge is 2.07. The second-order valence-corrected chi connectivity index (χ2v) is 5.18. The van der Waals surface area contributed by atoms with Gasteiger partial charge in [0.05, 0.1) is 12.2 Å². The van der Waals surface area contributed by atoms with E-state index in [9.17, 15) is 4.39 Å². The van der Waals surface area contributed by atoms with Gasteiger partial charge in [-0.2, -0.15) is 5.10 Å². The maximum atomic E-state index is 13.4. The third-order valence-electron chi connectivity index (χ3n) is 3.47. The Morgan fingerprint density at radius 1 is 1.14 bits per heavy atom. The molecule has 0 atom stereocenters. The molecule has 3 aromatic rings. The van der Waals surface area contributed by atoms with Crippen LogP contribution in [0.25, 0.3) is 11.3 Å². The number of nitrogens with zero attached hydrogens (tertiary/aromatic N) is 3. The topological polar surface area (TPSA) is 30.7 Å². The maximum absolute atomic E-state index is 13.4. The molecule has 0 aliphatic heterocycles. The molecule has 0 saturated heterocycles. The standard InChI is InChI=1S/C17H16FN3/c1-12-9-15(4-5-16(12)18)17-13(2)8-14(10-19-17)11-21-7-3-6-20-21/h3-10H,11H2,1-2H3. The minimum atomic E-state index is -0.188. The van der Waals surface area contributed by atoms with E-state index in [0.29, 0.717) is 12.1 Å². The number of rotatable bonds is 3. The highest BCUT2D eigenvalue weighted by molar-refractivity contribution is 5.63. The summed E-state index contributed by atoms with van der Waals surface area (Å²) in [5.41, 5.74) is 4.64. The summed E-state index contributed by atoms with van der Waals surface area (Å²) in [5, 5.41) is 4.19. The van der Waals surface area contributed by atoms with E-state index in [0.717, 1.165) is 22.4 Å². The molecule has 106 valence electrons. The summed E-state index contributed by atoms with van der Waals surface area (Å²) >= 11 is 0. The molecule has 0 aliphatic rings. The normalized spacial score (nSPS) is 10.8. The van der Waals surface area contributed by atoms with E-state index < -0.39 is 0 Å². The van der Waals surface area contributed by atoms with Gasteiger partial charge in [0.15, 0.2) is 0 Å². The molecule has 0 N–H and O–H groups in total. The van der Waals surface area contributed by atoms with Crippen molar-refractivity contribution in [2.75, 3.05) is 0 Å². The van der Waals surface area contributed by atoms with Crippen molar-refractivity contribution >= 4 is 0 Å². The van der Waals surface area contributed by atoms with Gasteiger partial charge in [-0.25, -0.2) is 4.39 Å². The van der Waals surface area contributed by atoms with E-state index in [4.69, 9.17) is 0 Å². The average Bonchev–Trinajstić information content (AvgIpc) is 2.95. The molecule has 0 unspecified atom stereocenters. The zero-order valence-electron chi connectivity index (χ0n) is 12.0. The van der Waals surface area contributed by atoms with Crippen LogP contribution < -0.4 is 0 Å². The number of pyridine rings is 1. The van der Waals surface area contributed by atoms with Gasteiger partial charge < -0.3 is 0 Å².